The number of aromatic nitrogens is 2. The van der Waals surface area contributed by atoms with Crippen molar-refractivity contribution in [2.24, 2.45) is 5.41 Å². The summed E-state index contributed by atoms with van der Waals surface area (Å²) in [6, 6.07) is 0. The molecule has 1 heterocycles. The second-order valence-electron chi connectivity index (χ2n) is 3.80. The zero-order valence-corrected chi connectivity index (χ0v) is 8.03. The number of hydrogen-bond acceptors (Lipinski definition) is 3. The summed E-state index contributed by atoms with van der Waals surface area (Å²) in [5.41, 5.74) is 0.690. The van der Waals surface area contributed by atoms with Crippen LogP contribution in [0.3, 0.4) is 0 Å². The van der Waals surface area contributed by atoms with Crippen LogP contribution in [0.25, 0.3) is 0 Å². The topological polar surface area (TPSA) is 42.9 Å². The number of nitrogens with zero attached hydrogens (tertiary/aromatic N) is 2. The molecule has 70 valence electrons. The average Bonchev–Trinajstić information content (AvgIpc) is 2.17. The van der Waals surface area contributed by atoms with Crippen molar-refractivity contribution < 1.29 is 4.79 Å². The molecule has 0 N–H and O–H groups in total. The Bertz CT molecular complexity index is 270. The van der Waals surface area contributed by atoms with Gasteiger partial charge in [0.1, 0.15) is 6.29 Å². The van der Waals surface area contributed by atoms with Crippen molar-refractivity contribution >= 4 is 6.29 Å². The predicted molar refractivity (Wildman–Crippen MR) is 50.2 cm³/mol. The maximum Gasteiger partial charge on any atom is 0.125 e. The smallest absolute Gasteiger partial charge is 0.125 e. The van der Waals surface area contributed by atoms with Crippen molar-refractivity contribution in [1.29, 1.82) is 0 Å². The number of hydrogen-bond donors (Lipinski definition) is 0. The minimum absolute atomic E-state index is 0.252. The van der Waals surface area contributed by atoms with Crippen LogP contribution in [0, 0.1) is 5.41 Å². The first-order valence-electron chi connectivity index (χ1n) is 4.35. The minimum atomic E-state index is -0.252. The molecular weight excluding hydrogens is 164 g/mol. The summed E-state index contributed by atoms with van der Waals surface area (Å²) in [5.74, 6) is 0. The number of aryl methyl sites for hydroxylation is 1. The van der Waals surface area contributed by atoms with Crippen LogP contribution in [0.2, 0.25) is 0 Å². The summed E-state index contributed by atoms with van der Waals surface area (Å²) in [4.78, 5) is 18.7. The number of aldehydes is 1. The van der Waals surface area contributed by atoms with Crippen molar-refractivity contribution in [1.82, 2.24) is 9.97 Å². The van der Waals surface area contributed by atoms with Crippen molar-refractivity contribution in [2.75, 3.05) is 0 Å². The Hall–Kier alpha value is -1.25. The van der Waals surface area contributed by atoms with Gasteiger partial charge in [0.2, 0.25) is 0 Å². The number of carbonyl (C=O) groups excluding carboxylic acids is 1. The Morgan fingerprint density at radius 3 is 2.77 bits per heavy atom. The second-order valence-corrected chi connectivity index (χ2v) is 3.80. The quantitative estimate of drug-likeness (QED) is 0.658. The van der Waals surface area contributed by atoms with E-state index in [4.69, 9.17) is 0 Å². The Balaban J connectivity index is 2.48. The third-order valence-electron chi connectivity index (χ3n) is 1.96. The molecule has 0 aliphatic carbocycles. The van der Waals surface area contributed by atoms with E-state index in [1.54, 1.807) is 18.6 Å². The zero-order valence-electron chi connectivity index (χ0n) is 8.03. The van der Waals surface area contributed by atoms with Crippen LogP contribution in [0.4, 0.5) is 0 Å². The summed E-state index contributed by atoms with van der Waals surface area (Å²) in [6.07, 6.45) is 7.66. The summed E-state index contributed by atoms with van der Waals surface area (Å²) in [5, 5.41) is 0. The van der Waals surface area contributed by atoms with Crippen LogP contribution < -0.4 is 0 Å². The van der Waals surface area contributed by atoms with E-state index < -0.39 is 0 Å². The lowest BCUT2D eigenvalue weighted by Crippen LogP contribution is -2.14. The molecule has 3 nitrogen and oxygen atoms in total. The lowest BCUT2D eigenvalue weighted by atomic mass is 9.89. The Morgan fingerprint density at radius 2 is 2.23 bits per heavy atom. The third kappa shape index (κ3) is 3.32. The van der Waals surface area contributed by atoms with Gasteiger partial charge >= 0.3 is 0 Å². The highest BCUT2D eigenvalue weighted by Crippen LogP contribution is 2.18. The molecule has 0 saturated heterocycles. The predicted octanol–water partition coefficient (Wildman–Crippen LogP) is 1.63. The highest BCUT2D eigenvalue weighted by atomic mass is 16.1. The van der Waals surface area contributed by atoms with Crippen molar-refractivity contribution in [3.8, 4) is 0 Å². The van der Waals surface area contributed by atoms with Gasteiger partial charge in [0.25, 0.3) is 0 Å². The maximum atomic E-state index is 10.6. The molecule has 0 unspecified atom stereocenters. The van der Waals surface area contributed by atoms with Gasteiger partial charge in [-0.1, -0.05) is 13.8 Å². The van der Waals surface area contributed by atoms with Gasteiger partial charge in [-0.25, -0.2) is 0 Å². The van der Waals surface area contributed by atoms with Crippen LogP contribution in [0.5, 0.6) is 0 Å². The lowest BCUT2D eigenvalue weighted by molar-refractivity contribution is -0.114. The second kappa shape index (κ2) is 4.12. The number of rotatable bonds is 4. The van der Waals surface area contributed by atoms with Gasteiger partial charge in [0, 0.05) is 24.0 Å². The standard InChI is InChI=1S/C10H14N2O/c1-10(2,8-13)4-3-9-7-11-5-6-12-9/h5-8H,3-4H2,1-2H3. The van der Waals surface area contributed by atoms with Gasteiger partial charge in [-0.3, -0.25) is 9.97 Å². The van der Waals surface area contributed by atoms with Gasteiger partial charge < -0.3 is 4.79 Å². The fourth-order valence-corrected chi connectivity index (χ4v) is 0.968. The van der Waals surface area contributed by atoms with Gasteiger partial charge in [-0.05, 0) is 12.8 Å². The highest BCUT2D eigenvalue weighted by Gasteiger charge is 2.16. The summed E-state index contributed by atoms with van der Waals surface area (Å²) < 4.78 is 0. The molecule has 0 saturated carbocycles. The fourth-order valence-electron chi connectivity index (χ4n) is 0.968. The summed E-state index contributed by atoms with van der Waals surface area (Å²) in [7, 11) is 0. The molecule has 13 heavy (non-hydrogen) atoms. The first kappa shape index (κ1) is 9.84. The van der Waals surface area contributed by atoms with Crippen molar-refractivity contribution in [2.45, 2.75) is 26.7 Å². The monoisotopic (exact) mass is 178 g/mol. The zero-order chi connectivity index (χ0) is 9.73. The average molecular weight is 178 g/mol. The summed E-state index contributed by atoms with van der Waals surface area (Å²) >= 11 is 0. The first-order chi connectivity index (χ1) is 6.14. The lowest BCUT2D eigenvalue weighted by Gasteiger charge is -2.15. The summed E-state index contributed by atoms with van der Waals surface area (Å²) in [6.45, 7) is 3.85. The molecule has 0 radical (unpaired) electrons. The van der Waals surface area contributed by atoms with E-state index in [2.05, 4.69) is 9.97 Å². The molecule has 0 aliphatic rings. The van der Waals surface area contributed by atoms with Crippen LogP contribution >= 0.6 is 0 Å². The molecule has 0 atom stereocenters. The van der Waals surface area contributed by atoms with Crippen LogP contribution in [-0.2, 0) is 11.2 Å². The molecule has 0 amide bonds. The van der Waals surface area contributed by atoms with Crippen molar-refractivity contribution in [3.63, 3.8) is 0 Å². The van der Waals surface area contributed by atoms with E-state index in [9.17, 15) is 4.79 Å². The van der Waals surface area contributed by atoms with E-state index in [-0.39, 0.29) is 5.41 Å². The van der Waals surface area contributed by atoms with Gasteiger partial charge in [-0.15, -0.1) is 0 Å². The van der Waals surface area contributed by atoms with E-state index in [0.717, 1.165) is 24.8 Å². The minimum Gasteiger partial charge on any atom is -0.303 e. The molecule has 0 aliphatic heterocycles. The Morgan fingerprint density at radius 1 is 1.46 bits per heavy atom. The normalized spacial score (nSPS) is 11.2. The first-order valence-corrected chi connectivity index (χ1v) is 4.35. The number of carbonyl (C=O) groups is 1. The Labute approximate surface area is 78.2 Å². The molecular formula is C10H14N2O. The van der Waals surface area contributed by atoms with Gasteiger partial charge in [0.05, 0.1) is 5.69 Å². The molecule has 0 bridgehead atoms. The highest BCUT2D eigenvalue weighted by molar-refractivity contribution is 5.57. The molecule has 1 aromatic rings. The van der Waals surface area contributed by atoms with Crippen LogP contribution in [0.1, 0.15) is 26.0 Å². The van der Waals surface area contributed by atoms with Gasteiger partial charge in [-0.2, -0.15) is 0 Å². The molecule has 0 aromatic carbocycles. The molecule has 0 fully saturated rings. The Kier molecular flexibility index (Phi) is 3.12. The van der Waals surface area contributed by atoms with Crippen molar-refractivity contribution in [3.05, 3.63) is 24.3 Å². The molecule has 0 spiro atoms. The molecule has 1 rings (SSSR count). The SMILES string of the molecule is CC(C)(C=O)CCc1cnccn1. The van der Waals surface area contributed by atoms with Crippen LogP contribution in [0.15, 0.2) is 18.6 Å². The molecule has 3 heteroatoms. The van der Waals surface area contributed by atoms with Gasteiger partial charge in [0.15, 0.2) is 0 Å². The van der Waals surface area contributed by atoms with E-state index in [1.165, 1.54) is 0 Å². The fraction of sp³-hybridized carbons (Fsp3) is 0.500. The maximum absolute atomic E-state index is 10.6. The van der Waals surface area contributed by atoms with E-state index in [1.807, 2.05) is 13.8 Å². The molecule has 1 aromatic heterocycles. The largest absolute Gasteiger partial charge is 0.303 e. The van der Waals surface area contributed by atoms with Crippen LogP contribution in [-0.4, -0.2) is 16.3 Å². The third-order valence-corrected chi connectivity index (χ3v) is 1.96. The van der Waals surface area contributed by atoms with E-state index in [0.29, 0.717) is 0 Å². The van der Waals surface area contributed by atoms with E-state index >= 15 is 0 Å².